The molecule has 5 heteroatoms. The summed E-state index contributed by atoms with van der Waals surface area (Å²) in [6.07, 6.45) is 1.65. The predicted molar refractivity (Wildman–Crippen MR) is 94.5 cm³/mol. The van der Waals surface area contributed by atoms with E-state index in [-0.39, 0.29) is 12.5 Å². The van der Waals surface area contributed by atoms with Gasteiger partial charge >= 0.3 is 0 Å². The van der Waals surface area contributed by atoms with E-state index in [1.807, 2.05) is 66.7 Å². The molecule has 1 N–H and O–H groups in total. The van der Waals surface area contributed by atoms with Crippen LogP contribution in [0.2, 0.25) is 0 Å². The summed E-state index contributed by atoms with van der Waals surface area (Å²) in [5.74, 6) is 1.68. The molecule has 5 nitrogen and oxygen atoms in total. The molecule has 126 valence electrons. The molecule has 0 radical (unpaired) electrons. The molecular formula is C20H18N2O3. The highest BCUT2D eigenvalue weighted by Gasteiger charge is 2.04. The van der Waals surface area contributed by atoms with Crippen LogP contribution in [0.5, 0.6) is 17.4 Å². The van der Waals surface area contributed by atoms with Crippen LogP contribution in [0.4, 0.5) is 0 Å². The van der Waals surface area contributed by atoms with Crippen molar-refractivity contribution in [3.8, 4) is 17.4 Å². The normalized spacial score (nSPS) is 10.1. The molecular weight excluding hydrogens is 316 g/mol. The number of carbonyl (C=O) groups is 1. The van der Waals surface area contributed by atoms with Crippen molar-refractivity contribution in [2.24, 2.45) is 0 Å². The van der Waals surface area contributed by atoms with Gasteiger partial charge in [-0.2, -0.15) is 0 Å². The second-order valence-electron chi connectivity index (χ2n) is 5.30. The number of pyridine rings is 1. The fourth-order valence-electron chi connectivity index (χ4n) is 2.14. The van der Waals surface area contributed by atoms with E-state index in [1.54, 1.807) is 12.3 Å². The van der Waals surface area contributed by atoms with Crippen molar-refractivity contribution in [1.82, 2.24) is 10.3 Å². The molecule has 0 atom stereocenters. The zero-order valence-electron chi connectivity index (χ0n) is 13.6. The Kier molecular flexibility index (Phi) is 5.61. The lowest BCUT2D eigenvalue weighted by molar-refractivity contribution is -0.123. The fourth-order valence-corrected chi connectivity index (χ4v) is 2.14. The molecule has 0 aliphatic carbocycles. The number of nitrogens with one attached hydrogen (secondary N) is 1. The first-order valence-corrected chi connectivity index (χ1v) is 7.92. The third kappa shape index (κ3) is 5.35. The van der Waals surface area contributed by atoms with Gasteiger partial charge in [0.25, 0.3) is 5.91 Å². The van der Waals surface area contributed by atoms with Gasteiger partial charge in [0.05, 0.1) is 0 Å². The van der Waals surface area contributed by atoms with Crippen LogP contribution in [0.3, 0.4) is 0 Å². The summed E-state index contributed by atoms with van der Waals surface area (Å²) < 4.78 is 11.1. The van der Waals surface area contributed by atoms with Crippen LogP contribution in [-0.2, 0) is 11.3 Å². The molecule has 0 fully saturated rings. The fraction of sp³-hybridized carbons (Fsp3) is 0.100. The number of hydrogen-bond acceptors (Lipinski definition) is 4. The zero-order valence-corrected chi connectivity index (χ0v) is 13.6. The van der Waals surface area contributed by atoms with Gasteiger partial charge in [-0.25, -0.2) is 4.98 Å². The number of rotatable bonds is 7. The predicted octanol–water partition coefficient (Wildman–Crippen LogP) is 3.57. The first-order valence-electron chi connectivity index (χ1n) is 7.92. The van der Waals surface area contributed by atoms with Gasteiger partial charge in [-0.05, 0) is 35.9 Å². The van der Waals surface area contributed by atoms with E-state index in [0.717, 1.165) is 5.56 Å². The van der Waals surface area contributed by atoms with Crippen LogP contribution < -0.4 is 14.8 Å². The van der Waals surface area contributed by atoms with Crippen molar-refractivity contribution in [3.05, 3.63) is 84.6 Å². The van der Waals surface area contributed by atoms with E-state index in [4.69, 9.17) is 9.47 Å². The van der Waals surface area contributed by atoms with Gasteiger partial charge in [0, 0.05) is 18.8 Å². The minimum absolute atomic E-state index is 0.0253. The highest BCUT2D eigenvalue weighted by atomic mass is 16.5. The van der Waals surface area contributed by atoms with E-state index in [2.05, 4.69) is 10.3 Å². The topological polar surface area (TPSA) is 60.5 Å². The Hall–Kier alpha value is -3.34. The van der Waals surface area contributed by atoms with Crippen LogP contribution in [-0.4, -0.2) is 17.5 Å². The standard InChI is InChI=1S/C20H18N2O3/c23-19(15-24-17-7-3-1-4-8-17)22-14-16-11-12-21-20(13-16)25-18-9-5-2-6-10-18/h1-13H,14-15H2,(H,22,23). The summed E-state index contributed by atoms with van der Waals surface area (Å²) in [4.78, 5) is 16.1. The number of amides is 1. The Morgan fingerprint density at radius 3 is 2.32 bits per heavy atom. The quantitative estimate of drug-likeness (QED) is 0.717. The lowest BCUT2D eigenvalue weighted by atomic mass is 10.2. The summed E-state index contributed by atoms with van der Waals surface area (Å²) >= 11 is 0. The van der Waals surface area contributed by atoms with Crippen LogP contribution in [0.25, 0.3) is 0 Å². The van der Waals surface area contributed by atoms with Crippen molar-refractivity contribution in [2.75, 3.05) is 6.61 Å². The van der Waals surface area contributed by atoms with Crippen LogP contribution >= 0.6 is 0 Å². The van der Waals surface area contributed by atoms with Crippen molar-refractivity contribution in [1.29, 1.82) is 0 Å². The number of ether oxygens (including phenoxy) is 2. The third-order valence-electron chi connectivity index (χ3n) is 3.37. The average molecular weight is 334 g/mol. The maximum absolute atomic E-state index is 11.9. The molecule has 3 rings (SSSR count). The zero-order chi connectivity index (χ0) is 17.3. The molecule has 0 saturated heterocycles. The molecule has 1 amide bonds. The second-order valence-corrected chi connectivity index (χ2v) is 5.30. The smallest absolute Gasteiger partial charge is 0.258 e. The minimum Gasteiger partial charge on any atom is -0.484 e. The minimum atomic E-state index is -0.189. The first kappa shape index (κ1) is 16.5. The summed E-state index contributed by atoms with van der Waals surface area (Å²) in [7, 11) is 0. The highest BCUT2D eigenvalue weighted by Crippen LogP contribution is 2.19. The van der Waals surface area contributed by atoms with Gasteiger partial charge in [-0.1, -0.05) is 36.4 Å². The van der Waals surface area contributed by atoms with Crippen LogP contribution in [0.1, 0.15) is 5.56 Å². The molecule has 1 aromatic heterocycles. The highest BCUT2D eigenvalue weighted by molar-refractivity contribution is 5.77. The largest absolute Gasteiger partial charge is 0.484 e. The molecule has 2 aromatic carbocycles. The van der Waals surface area contributed by atoms with Gasteiger partial charge in [-0.15, -0.1) is 0 Å². The van der Waals surface area contributed by atoms with E-state index in [1.165, 1.54) is 0 Å². The number of para-hydroxylation sites is 2. The van der Waals surface area contributed by atoms with Crippen LogP contribution in [0, 0.1) is 0 Å². The van der Waals surface area contributed by atoms with Gasteiger partial charge in [0.1, 0.15) is 11.5 Å². The first-order chi connectivity index (χ1) is 12.3. The summed E-state index contributed by atoms with van der Waals surface area (Å²) in [5.41, 5.74) is 0.897. The van der Waals surface area contributed by atoms with Crippen molar-refractivity contribution >= 4 is 5.91 Å². The maximum atomic E-state index is 11.9. The maximum Gasteiger partial charge on any atom is 0.258 e. The van der Waals surface area contributed by atoms with Crippen molar-refractivity contribution in [2.45, 2.75) is 6.54 Å². The lowest BCUT2D eigenvalue weighted by Gasteiger charge is -2.09. The molecule has 0 spiro atoms. The van der Waals surface area contributed by atoms with Crippen molar-refractivity contribution in [3.63, 3.8) is 0 Å². The molecule has 0 bridgehead atoms. The number of benzene rings is 2. The SMILES string of the molecule is O=C(COc1ccccc1)NCc1ccnc(Oc2ccccc2)c1. The molecule has 1 heterocycles. The Morgan fingerprint density at radius 1 is 0.920 bits per heavy atom. The summed E-state index contributed by atoms with van der Waals surface area (Å²) in [5, 5.41) is 2.81. The van der Waals surface area contributed by atoms with E-state index in [0.29, 0.717) is 23.9 Å². The Bertz CT molecular complexity index is 807. The van der Waals surface area contributed by atoms with Crippen LogP contribution in [0.15, 0.2) is 79.0 Å². The molecule has 0 aliphatic heterocycles. The number of nitrogens with zero attached hydrogens (tertiary/aromatic N) is 1. The molecule has 0 unspecified atom stereocenters. The van der Waals surface area contributed by atoms with Gasteiger partial charge in [0.15, 0.2) is 6.61 Å². The van der Waals surface area contributed by atoms with Gasteiger partial charge < -0.3 is 14.8 Å². The molecule has 0 saturated carbocycles. The summed E-state index contributed by atoms with van der Waals surface area (Å²) in [6.45, 7) is 0.354. The number of carbonyl (C=O) groups excluding carboxylic acids is 1. The monoisotopic (exact) mass is 334 g/mol. The molecule has 0 aliphatic rings. The van der Waals surface area contributed by atoms with E-state index >= 15 is 0 Å². The molecule has 25 heavy (non-hydrogen) atoms. The van der Waals surface area contributed by atoms with E-state index in [9.17, 15) is 4.79 Å². The Morgan fingerprint density at radius 2 is 1.60 bits per heavy atom. The average Bonchev–Trinajstić information content (AvgIpc) is 2.67. The lowest BCUT2D eigenvalue weighted by Crippen LogP contribution is -2.28. The Balaban J connectivity index is 1.49. The van der Waals surface area contributed by atoms with Crippen molar-refractivity contribution < 1.29 is 14.3 Å². The van der Waals surface area contributed by atoms with Gasteiger partial charge in [0.2, 0.25) is 5.88 Å². The van der Waals surface area contributed by atoms with E-state index < -0.39 is 0 Å². The molecule has 3 aromatic rings. The number of aromatic nitrogens is 1. The second kappa shape index (κ2) is 8.49. The van der Waals surface area contributed by atoms with Gasteiger partial charge in [-0.3, -0.25) is 4.79 Å². The Labute approximate surface area is 146 Å². The summed E-state index contributed by atoms with van der Waals surface area (Å²) in [6, 6.07) is 22.3. The third-order valence-corrected chi connectivity index (χ3v) is 3.37. The number of hydrogen-bond donors (Lipinski definition) is 1.